The Kier molecular flexibility index (Phi) is 4.74. The van der Waals surface area contributed by atoms with E-state index in [4.69, 9.17) is 0 Å². The van der Waals surface area contributed by atoms with Gasteiger partial charge in [0.25, 0.3) is 10.0 Å². The maximum Gasteiger partial charge on any atom is 0.265 e. The lowest BCUT2D eigenvalue weighted by atomic mass is 10.3. The molecule has 0 saturated carbocycles. The van der Waals surface area contributed by atoms with E-state index in [2.05, 4.69) is 20.0 Å². The fraction of sp³-hybridized carbons (Fsp3) is 0.286. The molecule has 0 aliphatic rings. The Bertz CT molecular complexity index is 716. The number of nitrogens with one attached hydrogen (secondary N) is 2. The summed E-state index contributed by atoms with van der Waals surface area (Å²) < 4.78 is 27.5. The number of nitrogens with zero attached hydrogens (tertiary/aromatic N) is 2. The number of pyridine rings is 2. The Labute approximate surface area is 124 Å². The van der Waals surface area contributed by atoms with E-state index in [-0.39, 0.29) is 4.90 Å². The van der Waals surface area contributed by atoms with Crippen LogP contribution in [0.2, 0.25) is 0 Å². The average Bonchev–Trinajstić information content (AvgIpc) is 2.45. The van der Waals surface area contributed by atoms with Gasteiger partial charge in [-0.15, -0.1) is 0 Å². The quantitative estimate of drug-likeness (QED) is 0.856. The van der Waals surface area contributed by atoms with Crippen LogP contribution >= 0.6 is 0 Å². The van der Waals surface area contributed by atoms with Crippen molar-refractivity contribution in [3.63, 3.8) is 0 Å². The smallest absolute Gasteiger partial charge is 0.265 e. The third kappa shape index (κ3) is 3.91. The van der Waals surface area contributed by atoms with Gasteiger partial charge in [0.05, 0.1) is 17.6 Å². The summed E-state index contributed by atoms with van der Waals surface area (Å²) in [5, 5.41) is 3.09. The van der Waals surface area contributed by atoms with Crippen molar-refractivity contribution in [2.24, 2.45) is 0 Å². The van der Waals surface area contributed by atoms with Crippen LogP contribution in [0.3, 0.4) is 0 Å². The summed E-state index contributed by atoms with van der Waals surface area (Å²) in [6, 6.07) is 3.37. The average molecular weight is 306 g/mol. The van der Waals surface area contributed by atoms with Crippen molar-refractivity contribution in [1.82, 2.24) is 9.97 Å². The van der Waals surface area contributed by atoms with E-state index in [1.807, 2.05) is 13.8 Å². The van der Waals surface area contributed by atoms with E-state index in [0.717, 1.165) is 12.0 Å². The number of hydrogen-bond acceptors (Lipinski definition) is 5. The van der Waals surface area contributed by atoms with E-state index in [1.54, 1.807) is 24.5 Å². The second-order valence-corrected chi connectivity index (χ2v) is 6.31. The van der Waals surface area contributed by atoms with Gasteiger partial charge in [0, 0.05) is 25.1 Å². The molecular weight excluding hydrogens is 288 g/mol. The molecule has 0 atom stereocenters. The molecule has 2 heterocycles. The lowest BCUT2D eigenvalue weighted by Crippen LogP contribution is -2.16. The predicted octanol–water partition coefficient (Wildman–Crippen LogP) is 2.41. The minimum atomic E-state index is -3.71. The van der Waals surface area contributed by atoms with Gasteiger partial charge in [-0.05, 0) is 31.0 Å². The minimum Gasteiger partial charge on any atom is -0.384 e. The first kappa shape index (κ1) is 15.2. The second-order valence-electron chi connectivity index (χ2n) is 4.66. The third-order valence-corrected chi connectivity index (χ3v) is 4.18. The van der Waals surface area contributed by atoms with Crippen LogP contribution < -0.4 is 10.0 Å². The van der Waals surface area contributed by atoms with Gasteiger partial charge in [0.1, 0.15) is 4.90 Å². The number of hydrogen-bond donors (Lipinski definition) is 2. The summed E-state index contributed by atoms with van der Waals surface area (Å²) in [4.78, 5) is 8.00. The standard InChI is InChI=1S/C14H18N4O2S/c1-3-5-17-13-4-6-15-10-14(13)21(19,20)18-12-7-11(2)8-16-9-12/h4,6-10,18H,3,5H2,1-2H3,(H,15,17). The molecule has 7 heteroatoms. The highest BCUT2D eigenvalue weighted by Gasteiger charge is 2.19. The molecule has 2 aromatic rings. The maximum absolute atomic E-state index is 12.5. The zero-order chi connectivity index (χ0) is 15.3. The fourth-order valence-electron chi connectivity index (χ4n) is 1.82. The summed E-state index contributed by atoms with van der Waals surface area (Å²) >= 11 is 0. The monoisotopic (exact) mass is 306 g/mol. The highest BCUT2D eigenvalue weighted by molar-refractivity contribution is 7.92. The van der Waals surface area contributed by atoms with Crippen LogP contribution in [0.25, 0.3) is 0 Å². The van der Waals surface area contributed by atoms with Crippen LogP contribution in [0.1, 0.15) is 18.9 Å². The van der Waals surface area contributed by atoms with Crippen molar-refractivity contribution >= 4 is 21.4 Å². The zero-order valence-electron chi connectivity index (χ0n) is 12.0. The van der Waals surface area contributed by atoms with Crippen LogP contribution in [0, 0.1) is 6.92 Å². The fourth-order valence-corrected chi connectivity index (χ4v) is 2.98. The highest BCUT2D eigenvalue weighted by Crippen LogP contribution is 2.22. The Hall–Kier alpha value is -2.15. The minimum absolute atomic E-state index is 0.125. The first-order valence-electron chi connectivity index (χ1n) is 6.65. The molecule has 0 amide bonds. The van der Waals surface area contributed by atoms with Gasteiger partial charge in [0.2, 0.25) is 0 Å². The van der Waals surface area contributed by atoms with Crippen LogP contribution in [-0.2, 0) is 10.0 Å². The number of sulfonamides is 1. The Balaban J connectivity index is 2.31. The highest BCUT2D eigenvalue weighted by atomic mass is 32.2. The molecule has 6 nitrogen and oxygen atoms in total. The van der Waals surface area contributed by atoms with E-state index in [1.165, 1.54) is 12.4 Å². The van der Waals surface area contributed by atoms with E-state index >= 15 is 0 Å². The van der Waals surface area contributed by atoms with Crippen molar-refractivity contribution in [3.05, 3.63) is 42.5 Å². The summed E-state index contributed by atoms with van der Waals surface area (Å²) in [6.45, 7) is 4.56. The van der Waals surface area contributed by atoms with Crippen molar-refractivity contribution in [3.8, 4) is 0 Å². The summed E-state index contributed by atoms with van der Waals surface area (Å²) in [7, 11) is -3.71. The normalized spacial score (nSPS) is 11.1. The lowest BCUT2D eigenvalue weighted by Gasteiger charge is -2.13. The number of aromatic nitrogens is 2. The van der Waals surface area contributed by atoms with Gasteiger partial charge in [-0.3, -0.25) is 14.7 Å². The van der Waals surface area contributed by atoms with Crippen LogP contribution in [0.5, 0.6) is 0 Å². The molecule has 0 unspecified atom stereocenters. The number of rotatable bonds is 6. The molecule has 0 fully saturated rings. The third-order valence-electron chi connectivity index (χ3n) is 2.77. The molecule has 2 N–H and O–H groups in total. The Morgan fingerprint density at radius 2 is 2.00 bits per heavy atom. The van der Waals surface area contributed by atoms with Gasteiger partial charge < -0.3 is 5.32 Å². The van der Waals surface area contributed by atoms with Crippen molar-refractivity contribution in [2.45, 2.75) is 25.2 Å². The van der Waals surface area contributed by atoms with Crippen molar-refractivity contribution < 1.29 is 8.42 Å². The molecule has 112 valence electrons. The second kappa shape index (κ2) is 6.53. The van der Waals surface area contributed by atoms with E-state index in [9.17, 15) is 8.42 Å². The number of anilines is 2. The summed E-state index contributed by atoms with van der Waals surface area (Å²) in [6.07, 6.45) is 6.93. The first-order chi connectivity index (χ1) is 10.0. The Morgan fingerprint density at radius 3 is 2.71 bits per heavy atom. The largest absolute Gasteiger partial charge is 0.384 e. The molecule has 0 radical (unpaired) electrons. The Morgan fingerprint density at radius 1 is 1.19 bits per heavy atom. The SMILES string of the molecule is CCCNc1ccncc1S(=O)(=O)Nc1cncc(C)c1. The molecule has 0 bridgehead atoms. The molecule has 0 saturated heterocycles. The summed E-state index contributed by atoms with van der Waals surface area (Å²) in [5.74, 6) is 0. The van der Waals surface area contributed by atoms with Crippen LogP contribution in [-0.4, -0.2) is 24.9 Å². The molecule has 0 aliphatic carbocycles. The summed E-state index contributed by atoms with van der Waals surface area (Å²) in [5.41, 5.74) is 1.85. The number of aryl methyl sites for hydroxylation is 1. The zero-order valence-corrected chi connectivity index (χ0v) is 12.8. The molecule has 2 aromatic heterocycles. The molecule has 0 aromatic carbocycles. The van der Waals surface area contributed by atoms with Crippen molar-refractivity contribution in [1.29, 1.82) is 0 Å². The van der Waals surface area contributed by atoms with Gasteiger partial charge in [-0.2, -0.15) is 0 Å². The van der Waals surface area contributed by atoms with Gasteiger partial charge in [0.15, 0.2) is 0 Å². The predicted molar refractivity (Wildman–Crippen MR) is 82.8 cm³/mol. The maximum atomic E-state index is 12.5. The molecule has 21 heavy (non-hydrogen) atoms. The van der Waals surface area contributed by atoms with E-state index in [0.29, 0.717) is 17.9 Å². The molecule has 0 aliphatic heterocycles. The van der Waals surface area contributed by atoms with Gasteiger partial charge in [-0.1, -0.05) is 6.92 Å². The van der Waals surface area contributed by atoms with Gasteiger partial charge in [-0.25, -0.2) is 8.42 Å². The first-order valence-corrected chi connectivity index (χ1v) is 8.13. The molecular formula is C14H18N4O2S. The van der Waals surface area contributed by atoms with Crippen LogP contribution in [0.15, 0.2) is 41.8 Å². The molecule has 2 rings (SSSR count). The van der Waals surface area contributed by atoms with Crippen molar-refractivity contribution in [2.75, 3.05) is 16.6 Å². The topological polar surface area (TPSA) is 84.0 Å². The lowest BCUT2D eigenvalue weighted by molar-refractivity contribution is 0.601. The van der Waals surface area contributed by atoms with E-state index < -0.39 is 10.0 Å². The molecule has 0 spiro atoms. The van der Waals surface area contributed by atoms with Crippen LogP contribution in [0.4, 0.5) is 11.4 Å². The van der Waals surface area contributed by atoms with Gasteiger partial charge >= 0.3 is 0 Å².